The third-order valence-corrected chi connectivity index (χ3v) is 5.34. The number of halogens is 25. The van der Waals surface area contributed by atoms with Gasteiger partial charge in [0.2, 0.25) is 0 Å². The van der Waals surface area contributed by atoms with Crippen molar-refractivity contribution in [2.75, 3.05) is 0 Å². The molecule has 1 aromatic carbocycles. The van der Waals surface area contributed by atoms with Crippen molar-refractivity contribution >= 4 is 0 Å². The summed E-state index contributed by atoms with van der Waals surface area (Å²) in [5.41, 5.74) is 0.0686. The van der Waals surface area contributed by atoms with Crippen LogP contribution in [0.4, 0.5) is 110 Å². The Labute approximate surface area is 235 Å². The predicted molar refractivity (Wildman–Crippen MR) is 93.4 cm³/mol. The van der Waals surface area contributed by atoms with Crippen LogP contribution in [0.2, 0.25) is 0 Å². The minimum Gasteiger partial charge on any atom is -0.428 e. The highest BCUT2D eigenvalue weighted by atomic mass is 19.4. The van der Waals surface area contributed by atoms with Crippen LogP contribution in [0.1, 0.15) is 5.56 Å². The van der Waals surface area contributed by atoms with Crippen LogP contribution in [0.3, 0.4) is 0 Å². The minimum absolute atomic E-state index is 0.0686. The Morgan fingerprint density at radius 3 is 0.891 bits per heavy atom. The molecular weight excluding hydrogens is 735 g/mol. The highest BCUT2D eigenvalue weighted by molar-refractivity contribution is 5.27. The third kappa shape index (κ3) is 5.70. The molecule has 0 amide bonds. The van der Waals surface area contributed by atoms with E-state index in [4.69, 9.17) is 0 Å². The lowest BCUT2D eigenvalue weighted by Crippen LogP contribution is -2.74. The first kappa shape index (κ1) is 41.3. The summed E-state index contributed by atoms with van der Waals surface area (Å²) >= 11 is 0. The van der Waals surface area contributed by atoms with Crippen molar-refractivity contribution in [2.45, 2.75) is 78.8 Å². The molecule has 1 rings (SSSR count). The molecule has 0 radical (unpaired) electrons. The van der Waals surface area contributed by atoms with Gasteiger partial charge in [-0.15, -0.1) is 0 Å². The zero-order valence-corrected chi connectivity index (χ0v) is 20.6. The van der Waals surface area contributed by atoms with Crippen LogP contribution >= 0.6 is 0 Å². The van der Waals surface area contributed by atoms with Crippen molar-refractivity contribution in [1.29, 1.82) is 0 Å². The standard InChI is InChI=1S/C19H7F25O2/c1-6-2-4-7(5-3-6)45-17(39,40)13(30,31)10(24,25)11(26,27)15(34,35)19(43,44)46-18(41,42)14(32,33)9(22,23)8(20,21)12(28,29)16(36,37)38/h2-5H,1H3. The molecule has 1 aromatic rings. The van der Waals surface area contributed by atoms with Crippen LogP contribution in [-0.4, -0.2) is 71.9 Å². The molecule has 46 heavy (non-hydrogen) atoms. The molecule has 0 saturated heterocycles. The first-order valence-electron chi connectivity index (χ1n) is 10.4. The van der Waals surface area contributed by atoms with Gasteiger partial charge in [0.05, 0.1) is 0 Å². The lowest BCUT2D eigenvalue weighted by molar-refractivity contribution is -0.529. The molecule has 0 heterocycles. The summed E-state index contributed by atoms with van der Waals surface area (Å²) in [6.45, 7) is 1.15. The van der Waals surface area contributed by atoms with E-state index in [2.05, 4.69) is 4.74 Å². The van der Waals surface area contributed by atoms with Crippen LogP contribution in [0.15, 0.2) is 24.3 Å². The number of hydrogen-bond acceptors (Lipinski definition) is 2. The number of alkyl halides is 25. The summed E-state index contributed by atoms with van der Waals surface area (Å²) in [5, 5.41) is 0. The van der Waals surface area contributed by atoms with Gasteiger partial charge >= 0.3 is 71.9 Å². The molecular formula is C19H7F25O2. The van der Waals surface area contributed by atoms with Crippen molar-refractivity contribution in [3.63, 3.8) is 0 Å². The highest BCUT2D eigenvalue weighted by Gasteiger charge is 2.95. The Morgan fingerprint density at radius 2 is 0.609 bits per heavy atom. The fourth-order valence-corrected chi connectivity index (χ4v) is 2.62. The van der Waals surface area contributed by atoms with E-state index in [9.17, 15) is 110 Å². The Hall–Kier alpha value is -2.77. The Morgan fingerprint density at radius 1 is 0.348 bits per heavy atom. The van der Waals surface area contributed by atoms with Gasteiger partial charge in [-0.05, 0) is 19.1 Å². The SMILES string of the molecule is Cc1ccc(OC(F)(F)C(F)(F)C(F)(F)C(F)(F)C(F)(F)C(F)(F)OC(F)(F)C(F)(F)C(F)(F)C(F)(F)C(F)(F)C(F)(F)F)cc1. The summed E-state index contributed by atoms with van der Waals surface area (Å²) < 4.78 is 337. The molecule has 270 valence electrons. The normalized spacial score (nSPS) is 16.1. The molecule has 0 aromatic heterocycles. The van der Waals surface area contributed by atoms with E-state index < -0.39 is 77.6 Å². The predicted octanol–water partition coefficient (Wildman–Crippen LogP) is 9.81. The molecule has 0 aliphatic heterocycles. The van der Waals surface area contributed by atoms with Gasteiger partial charge in [0.1, 0.15) is 5.75 Å². The van der Waals surface area contributed by atoms with Crippen LogP contribution in [0.5, 0.6) is 5.75 Å². The maximum Gasteiger partial charge on any atom is 0.471 e. The molecule has 0 bridgehead atoms. The second kappa shape index (κ2) is 10.9. The van der Waals surface area contributed by atoms with Crippen molar-refractivity contribution in [2.24, 2.45) is 0 Å². The van der Waals surface area contributed by atoms with Gasteiger partial charge in [-0.3, -0.25) is 0 Å². The second-order valence-corrected chi connectivity index (χ2v) is 8.66. The number of rotatable bonds is 13. The average molecular weight is 742 g/mol. The summed E-state index contributed by atoms with van der Waals surface area (Å²) in [4.78, 5) is 0. The van der Waals surface area contributed by atoms with E-state index in [0.29, 0.717) is 12.1 Å². The van der Waals surface area contributed by atoms with Gasteiger partial charge in [0, 0.05) is 0 Å². The molecule has 0 fully saturated rings. The summed E-state index contributed by atoms with van der Waals surface area (Å²) in [7, 11) is 0. The van der Waals surface area contributed by atoms with Gasteiger partial charge < -0.3 is 4.74 Å². The van der Waals surface area contributed by atoms with Crippen molar-refractivity contribution in [1.82, 2.24) is 0 Å². The molecule has 0 aliphatic rings. The van der Waals surface area contributed by atoms with Crippen LogP contribution < -0.4 is 4.74 Å². The molecule has 0 unspecified atom stereocenters. The molecule has 27 heteroatoms. The van der Waals surface area contributed by atoms with Gasteiger partial charge in [-0.25, -0.2) is 4.74 Å². The number of hydrogen-bond donors (Lipinski definition) is 0. The van der Waals surface area contributed by atoms with E-state index >= 15 is 0 Å². The average Bonchev–Trinajstić information content (AvgIpc) is 2.82. The summed E-state index contributed by atoms with van der Waals surface area (Å²) in [6.07, 6.45) is -32.9. The molecule has 0 N–H and O–H groups in total. The Kier molecular flexibility index (Phi) is 9.76. The quantitative estimate of drug-likeness (QED) is 0.188. The van der Waals surface area contributed by atoms with Crippen LogP contribution in [0.25, 0.3) is 0 Å². The lowest BCUT2D eigenvalue weighted by Gasteiger charge is -2.42. The summed E-state index contributed by atoms with van der Waals surface area (Å²) in [5.74, 6) is -72.2. The monoisotopic (exact) mass is 742 g/mol. The zero-order chi connectivity index (χ0) is 37.4. The van der Waals surface area contributed by atoms with Crippen LogP contribution in [-0.2, 0) is 4.74 Å². The molecule has 0 aliphatic carbocycles. The second-order valence-electron chi connectivity index (χ2n) is 8.66. The van der Waals surface area contributed by atoms with Gasteiger partial charge in [-0.2, -0.15) is 110 Å². The van der Waals surface area contributed by atoms with Crippen molar-refractivity contribution < 1.29 is 119 Å². The highest BCUT2D eigenvalue weighted by Crippen LogP contribution is 2.64. The van der Waals surface area contributed by atoms with E-state index in [-0.39, 0.29) is 17.7 Å². The summed E-state index contributed by atoms with van der Waals surface area (Å²) in [6, 6.07) is 1.75. The van der Waals surface area contributed by atoms with Crippen LogP contribution in [0, 0.1) is 6.92 Å². The van der Waals surface area contributed by atoms with E-state index in [1.165, 1.54) is 0 Å². The minimum atomic E-state index is -9.08. The third-order valence-electron chi connectivity index (χ3n) is 5.34. The number of ether oxygens (including phenoxy) is 2. The van der Waals surface area contributed by atoms with E-state index in [1.807, 2.05) is 0 Å². The molecule has 0 spiro atoms. The van der Waals surface area contributed by atoms with E-state index in [0.717, 1.165) is 11.7 Å². The lowest BCUT2D eigenvalue weighted by atomic mass is 9.96. The fourth-order valence-electron chi connectivity index (χ4n) is 2.62. The zero-order valence-electron chi connectivity index (χ0n) is 20.6. The fraction of sp³-hybridized carbons (Fsp3) is 0.684. The molecule has 0 saturated carbocycles. The Bertz CT molecular complexity index is 1230. The van der Waals surface area contributed by atoms with Gasteiger partial charge in [0.25, 0.3) is 0 Å². The van der Waals surface area contributed by atoms with Crippen molar-refractivity contribution in [3.8, 4) is 5.75 Å². The smallest absolute Gasteiger partial charge is 0.428 e. The van der Waals surface area contributed by atoms with Crippen molar-refractivity contribution in [3.05, 3.63) is 29.8 Å². The molecule has 2 nitrogen and oxygen atoms in total. The number of aryl methyl sites for hydroxylation is 1. The maximum atomic E-state index is 13.8. The van der Waals surface area contributed by atoms with E-state index in [1.54, 1.807) is 0 Å². The largest absolute Gasteiger partial charge is 0.471 e. The van der Waals surface area contributed by atoms with Gasteiger partial charge in [-0.1, -0.05) is 17.7 Å². The maximum absolute atomic E-state index is 13.8. The molecule has 0 atom stereocenters. The Balaban J connectivity index is 3.65. The first-order chi connectivity index (χ1) is 19.7. The van der Waals surface area contributed by atoms with Gasteiger partial charge in [0.15, 0.2) is 0 Å². The number of benzene rings is 1. The topological polar surface area (TPSA) is 18.5 Å². The first-order valence-corrected chi connectivity index (χ1v) is 10.4.